The molecule has 0 aromatic rings. The number of hydrogen-bond acceptors (Lipinski definition) is 2. The molecule has 1 heterocycles. The van der Waals surface area contributed by atoms with Gasteiger partial charge in [-0.1, -0.05) is 13.3 Å². The highest BCUT2D eigenvalue weighted by atomic mass is 16.5. The third-order valence-corrected chi connectivity index (χ3v) is 1.34. The Kier molecular flexibility index (Phi) is 2.37. The minimum Gasteiger partial charge on any atom is -0.420 e. The fraction of sp³-hybridized carbons (Fsp3) is 1.00. The van der Waals surface area contributed by atoms with Gasteiger partial charge in [-0.2, -0.15) is 0 Å². The van der Waals surface area contributed by atoms with Gasteiger partial charge in [-0.3, -0.25) is 0 Å². The van der Waals surface area contributed by atoms with Gasteiger partial charge in [0, 0.05) is 13.2 Å². The molecule has 1 rings (SSSR count). The van der Waals surface area contributed by atoms with E-state index < -0.39 is 0 Å². The van der Waals surface area contributed by atoms with Crippen LogP contribution in [0.4, 0.5) is 0 Å². The van der Waals surface area contributed by atoms with Gasteiger partial charge < -0.3 is 9.88 Å². The number of hydrogen-bond donors (Lipinski definition) is 1. The van der Waals surface area contributed by atoms with E-state index in [0.29, 0.717) is 7.05 Å². The quantitative estimate of drug-likeness (QED) is 0.526. The van der Waals surface area contributed by atoms with E-state index in [-0.39, 0.29) is 0 Å². The molecule has 1 fully saturated rings. The summed E-state index contributed by atoms with van der Waals surface area (Å²) < 4.78 is 5.28. The van der Waals surface area contributed by atoms with Crippen molar-refractivity contribution >= 4 is 7.05 Å². The zero-order valence-electron chi connectivity index (χ0n) is 5.31. The molecular formula is C5H12BNO. The molecule has 0 saturated carbocycles. The lowest BCUT2D eigenvalue weighted by Crippen LogP contribution is -2.27. The van der Waals surface area contributed by atoms with Crippen LogP contribution in [0.3, 0.4) is 0 Å². The average Bonchev–Trinajstić information content (AvgIpc) is 2.19. The summed E-state index contributed by atoms with van der Waals surface area (Å²) in [6, 6.07) is 0. The normalized spacial score (nSPS) is 19.9. The van der Waals surface area contributed by atoms with Gasteiger partial charge in [0.05, 0.1) is 0 Å². The summed E-state index contributed by atoms with van der Waals surface area (Å²) in [6.07, 6.45) is 2.36. The van der Waals surface area contributed by atoms with Crippen LogP contribution < -0.4 is 5.23 Å². The maximum absolute atomic E-state index is 5.28. The fourth-order valence-corrected chi connectivity index (χ4v) is 0.928. The van der Waals surface area contributed by atoms with Crippen molar-refractivity contribution in [1.82, 2.24) is 5.23 Å². The van der Waals surface area contributed by atoms with Crippen molar-refractivity contribution in [1.29, 1.82) is 0 Å². The Hall–Kier alpha value is -0.0151. The second-order valence-electron chi connectivity index (χ2n) is 2.10. The van der Waals surface area contributed by atoms with E-state index in [2.05, 4.69) is 12.2 Å². The van der Waals surface area contributed by atoms with Crippen LogP contribution in [0.5, 0.6) is 0 Å². The molecule has 0 unspecified atom stereocenters. The largest absolute Gasteiger partial charge is 0.420 e. The van der Waals surface area contributed by atoms with Gasteiger partial charge in [0.15, 0.2) is 0 Å². The summed E-state index contributed by atoms with van der Waals surface area (Å²) in [5.74, 6) is 0. The van der Waals surface area contributed by atoms with Crippen LogP contribution in [0.25, 0.3) is 0 Å². The first kappa shape index (κ1) is 6.11. The lowest BCUT2D eigenvalue weighted by molar-refractivity contribution is 0.369. The lowest BCUT2D eigenvalue weighted by atomic mass is 9.78. The summed E-state index contributed by atoms with van der Waals surface area (Å²) >= 11 is 0. The Labute approximate surface area is 50.7 Å². The second kappa shape index (κ2) is 3.10. The van der Waals surface area contributed by atoms with Crippen molar-refractivity contribution in [2.24, 2.45) is 0 Å². The third kappa shape index (κ3) is 1.49. The molecule has 3 heteroatoms. The Balaban J connectivity index is 2.06. The second-order valence-corrected chi connectivity index (χ2v) is 2.10. The molecule has 0 amide bonds. The van der Waals surface area contributed by atoms with Gasteiger partial charge in [-0.05, 0) is 6.32 Å². The highest BCUT2D eigenvalue weighted by Crippen LogP contribution is 1.99. The first-order chi connectivity index (χ1) is 3.93. The molecule has 1 N–H and O–H groups in total. The van der Waals surface area contributed by atoms with Crippen molar-refractivity contribution in [2.45, 2.75) is 19.7 Å². The molecule has 46 valence electrons. The summed E-state index contributed by atoms with van der Waals surface area (Å²) in [5, 5.41) is 3.24. The molecule has 0 radical (unpaired) electrons. The van der Waals surface area contributed by atoms with Crippen LogP contribution in [0.15, 0.2) is 0 Å². The van der Waals surface area contributed by atoms with Gasteiger partial charge in [0.25, 0.3) is 0 Å². The first-order valence-electron chi connectivity index (χ1n) is 3.28. The van der Waals surface area contributed by atoms with Crippen molar-refractivity contribution in [3.63, 3.8) is 0 Å². The molecular weight excluding hydrogens is 101 g/mol. The van der Waals surface area contributed by atoms with E-state index in [4.69, 9.17) is 4.65 Å². The molecule has 1 saturated heterocycles. The van der Waals surface area contributed by atoms with Crippen LogP contribution >= 0.6 is 0 Å². The van der Waals surface area contributed by atoms with Gasteiger partial charge in [-0.25, -0.2) is 0 Å². The standard InChI is InChI=1S/C5H12BNO/c1-2-3-6-7-4-5-8-6/h7H,2-5H2,1H3. The van der Waals surface area contributed by atoms with E-state index in [1.54, 1.807) is 0 Å². The first-order valence-corrected chi connectivity index (χ1v) is 3.28. The smallest absolute Gasteiger partial charge is 0.379 e. The minimum absolute atomic E-state index is 0.361. The highest BCUT2D eigenvalue weighted by molar-refractivity contribution is 6.49. The lowest BCUT2D eigenvalue weighted by Gasteiger charge is -1.99. The topological polar surface area (TPSA) is 21.3 Å². The Morgan fingerprint density at radius 3 is 3.12 bits per heavy atom. The molecule has 0 bridgehead atoms. The van der Waals surface area contributed by atoms with E-state index in [1.165, 1.54) is 6.42 Å². The molecule has 0 atom stereocenters. The molecule has 2 nitrogen and oxygen atoms in total. The minimum atomic E-state index is 0.361. The van der Waals surface area contributed by atoms with Gasteiger partial charge in [0.2, 0.25) is 0 Å². The Morgan fingerprint density at radius 2 is 2.62 bits per heavy atom. The Bertz CT molecular complexity index is 63.4. The third-order valence-electron chi connectivity index (χ3n) is 1.34. The van der Waals surface area contributed by atoms with Crippen molar-refractivity contribution in [3.05, 3.63) is 0 Å². The number of nitrogens with one attached hydrogen (secondary N) is 1. The van der Waals surface area contributed by atoms with E-state index >= 15 is 0 Å². The molecule has 8 heavy (non-hydrogen) atoms. The van der Waals surface area contributed by atoms with E-state index in [9.17, 15) is 0 Å². The summed E-state index contributed by atoms with van der Waals surface area (Å²) in [6.45, 7) is 4.10. The average molecular weight is 113 g/mol. The maximum atomic E-state index is 5.28. The summed E-state index contributed by atoms with van der Waals surface area (Å²) in [5.41, 5.74) is 0. The molecule has 0 aliphatic carbocycles. The zero-order chi connectivity index (χ0) is 5.82. The van der Waals surface area contributed by atoms with Gasteiger partial charge in [0.1, 0.15) is 0 Å². The van der Waals surface area contributed by atoms with Crippen LogP contribution in [0.2, 0.25) is 6.32 Å². The molecule has 0 aromatic carbocycles. The van der Waals surface area contributed by atoms with Gasteiger partial charge in [-0.15, -0.1) is 0 Å². The zero-order valence-corrected chi connectivity index (χ0v) is 5.31. The van der Waals surface area contributed by atoms with Crippen LogP contribution in [-0.4, -0.2) is 20.2 Å². The Morgan fingerprint density at radius 1 is 1.75 bits per heavy atom. The highest BCUT2D eigenvalue weighted by Gasteiger charge is 2.18. The SMILES string of the molecule is CCCB1NCCO1. The van der Waals surface area contributed by atoms with Crippen LogP contribution in [-0.2, 0) is 4.65 Å². The molecule has 1 aliphatic rings. The van der Waals surface area contributed by atoms with Crippen molar-refractivity contribution < 1.29 is 4.65 Å². The van der Waals surface area contributed by atoms with Crippen molar-refractivity contribution in [2.75, 3.05) is 13.2 Å². The van der Waals surface area contributed by atoms with E-state index in [0.717, 1.165) is 19.5 Å². The predicted molar refractivity (Wildman–Crippen MR) is 34.8 cm³/mol. The van der Waals surface area contributed by atoms with Crippen LogP contribution in [0, 0.1) is 0 Å². The summed E-state index contributed by atoms with van der Waals surface area (Å²) in [7, 11) is 0.361. The van der Waals surface area contributed by atoms with Crippen LogP contribution in [0.1, 0.15) is 13.3 Å². The van der Waals surface area contributed by atoms with Gasteiger partial charge >= 0.3 is 7.05 Å². The molecule has 1 aliphatic heterocycles. The maximum Gasteiger partial charge on any atom is 0.379 e. The monoisotopic (exact) mass is 113 g/mol. The van der Waals surface area contributed by atoms with Crippen molar-refractivity contribution in [3.8, 4) is 0 Å². The predicted octanol–water partition coefficient (Wildman–Crippen LogP) is 0.504. The molecule has 0 aromatic heterocycles. The number of rotatable bonds is 2. The van der Waals surface area contributed by atoms with E-state index in [1.807, 2.05) is 0 Å². The fourth-order valence-electron chi connectivity index (χ4n) is 0.928. The molecule has 0 spiro atoms. The summed E-state index contributed by atoms with van der Waals surface area (Å²) in [4.78, 5) is 0.